The lowest BCUT2D eigenvalue weighted by Crippen LogP contribution is -2.48. The summed E-state index contributed by atoms with van der Waals surface area (Å²) >= 11 is 0. The van der Waals surface area contributed by atoms with Crippen molar-refractivity contribution in [2.75, 3.05) is 26.0 Å². The highest BCUT2D eigenvalue weighted by atomic mass is 16.5. The first kappa shape index (κ1) is 22.8. The van der Waals surface area contributed by atoms with E-state index in [1.807, 2.05) is 19.1 Å². The summed E-state index contributed by atoms with van der Waals surface area (Å²) in [5.41, 5.74) is 7.05. The van der Waals surface area contributed by atoms with Crippen LogP contribution in [0.3, 0.4) is 0 Å². The number of ether oxygens (including phenoxy) is 1. The third kappa shape index (κ3) is 5.53. The van der Waals surface area contributed by atoms with E-state index in [0.29, 0.717) is 6.54 Å². The summed E-state index contributed by atoms with van der Waals surface area (Å²) < 4.78 is 4.97. The summed E-state index contributed by atoms with van der Waals surface area (Å²) in [5, 5.41) is 2.48. The van der Waals surface area contributed by atoms with Crippen LogP contribution in [-0.2, 0) is 9.59 Å². The normalized spacial score (nSPS) is 17.0. The van der Waals surface area contributed by atoms with E-state index >= 15 is 0 Å². The highest BCUT2D eigenvalue weighted by Gasteiger charge is 2.32. The molecule has 1 aromatic heterocycles. The van der Waals surface area contributed by atoms with Crippen molar-refractivity contribution in [3.05, 3.63) is 42.1 Å². The van der Waals surface area contributed by atoms with E-state index in [4.69, 9.17) is 10.5 Å². The fourth-order valence-electron chi connectivity index (χ4n) is 3.15. The van der Waals surface area contributed by atoms with Gasteiger partial charge in [0.25, 0.3) is 5.91 Å². The second-order valence-corrected chi connectivity index (χ2v) is 6.88. The van der Waals surface area contributed by atoms with Gasteiger partial charge in [-0.05, 0) is 43.9 Å². The molecule has 9 heteroatoms. The van der Waals surface area contributed by atoms with Gasteiger partial charge >= 0.3 is 11.8 Å². The van der Waals surface area contributed by atoms with Crippen LogP contribution in [0.25, 0.3) is 0 Å². The number of primary amides is 1. The third-order valence-corrected chi connectivity index (χ3v) is 4.85. The predicted molar refractivity (Wildman–Crippen MR) is 115 cm³/mol. The van der Waals surface area contributed by atoms with Crippen LogP contribution in [-0.4, -0.2) is 60.1 Å². The molecule has 0 saturated carbocycles. The third-order valence-electron chi connectivity index (χ3n) is 4.85. The Morgan fingerprint density at radius 3 is 2.73 bits per heavy atom. The van der Waals surface area contributed by atoms with Gasteiger partial charge in [-0.15, -0.1) is 0 Å². The molecule has 0 aliphatic carbocycles. The molecule has 0 radical (unpaired) electrons. The van der Waals surface area contributed by atoms with Gasteiger partial charge in [0.2, 0.25) is 5.88 Å². The number of pyridine rings is 1. The van der Waals surface area contributed by atoms with Crippen molar-refractivity contribution in [2.45, 2.75) is 32.2 Å². The Morgan fingerprint density at radius 1 is 1.37 bits per heavy atom. The maximum absolute atomic E-state index is 12.8. The molecule has 1 saturated heterocycles. The van der Waals surface area contributed by atoms with E-state index in [1.54, 1.807) is 7.05 Å². The van der Waals surface area contributed by atoms with Crippen molar-refractivity contribution >= 4 is 29.1 Å². The topological polar surface area (TPSA) is 127 Å². The molecule has 30 heavy (non-hydrogen) atoms. The summed E-state index contributed by atoms with van der Waals surface area (Å²) in [6.45, 7) is 6.39. The van der Waals surface area contributed by atoms with Crippen molar-refractivity contribution in [3.63, 3.8) is 0 Å². The Bertz CT molecular complexity index is 907. The zero-order valence-electron chi connectivity index (χ0n) is 17.5. The molecule has 3 amide bonds. The van der Waals surface area contributed by atoms with Gasteiger partial charge in [-0.3, -0.25) is 19.4 Å². The van der Waals surface area contributed by atoms with Crippen LogP contribution in [0.1, 0.15) is 36.5 Å². The monoisotopic (exact) mass is 413 g/mol. The van der Waals surface area contributed by atoms with Crippen LogP contribution < -0.4 is 15.8 Å². The van der Waals surface area contributed by atoms with Crippen molar-refractivity contribution in [3.8, 4) is 5.88 Å². The molecule has 1 fully saturated rings. The summed E-state index contributed by atoms with van der Waals surface area (Å²) in [7, 11) is 3.04. The molecule has 9 nitrogen and oxygen atoms in total. The van der Waals surface area contributed by atoms with Crippen LogP contribution in [0.2, 0.25) is 0 Å². The van der Waals surface area contributed by atoms with Gasteiger partial charge < -0.3 is 20.7 Å². The molecule has 0 bridgehead atoms. The van der Waals surface area contributed by atoms with E-state index in [-0.39, 0.29) is 23.2 Å². The van der Waals surface area contributed by atoms with Crippen LogP contribution in [0.4, 0.5) is 5.69 Å². The first-order chi connectivity index (χ1) is 14.3. The molecule has 3 N–H and O–H groups in total. The quantitative estimate of drug-likeness (QED) is 0.417. The summed E-state index contributed by atoms with van der Waals surface area (Å²) in [6, 6.07) is 1.05. The minimum Gasteiger partial charge on any atom is -0.480 e. The number of amides is 3. The van der Waals surface area contributed by atoms with Crippen molar-refractivity contribution in [1.82, 2.24) is 9.88 Å². The Kier molecular flexibility index (Phi) is 7.85. The maximum Gasteiger partial charge on any atom is 0.313 e. The number of carbonyl (C=O) groups is 3. The second-order valence-electron chi connectivity index (χ2n) is 6.88. The van der Waals surface area contributed by atoms with E-state index in [2.05, 4.69) is 21.9 Å². The number of likely N-dealkylation sites (tertiary alicyclic amines) is 1. The van der Waals surface area contributed by atoms with Crippen LogP contribution in [0, 0.1) is 0 Å². The number of hydrogen-bond acceptors (Lipinski definition) is 6. The molecule has 1 aliphatic heterocycles. The standard InChI is InChI=1S/C21H27N5O4/c1-13(8-9-14(2)23-3)17-7-5-6-10-26(17)21(29)19(28)25-15-11-16(18(22)27)20(30-4)24-12-15/h8-9,11-12,17H,1,5-7,10H2,2-4H3,(H2,22,27)(H,25,28)/b9-8-,23-14-/t17-/m0/s1. The van der Waals surface area contributed by atoms with Gasteiger partial charge in [-0.1, -0.05) is 12.7 Å². The molecule has 0 unspecified atom stereocenters. The molecule has 2 heterocycles. The van der Waals surface area contributed by atoms with Crippen molar-refractivity contribution < 1.29 is 19.1 Å². The molecule has 0 aromatic carbocycles. The van der Waals surface area contributed by atoms with Gasteiger partial charge in [-0.25, -0.2) is 4.98 Å². The first-order valence-electron chi connectivity index (χ1n) is 9.54. The number of carbonyl (C=O) groups excluding carboxylic acids is 3. The van der Waals surface area contributed by atoms with Crippen molar-refractivity contribution in [1.29, 1.82) is 0 Å². The van der Waals surface area contributed by atoms with E-state index in [1.165, 1.54) is 24.3 Å². The van der Waals surface area contributed by atoms with Crippen LogP contribution in [0.15, 0.2) is 41.6 Å². The number of anilines is 1. The lowest BCUT2D eigenvalue weighted by atomic mass is 9.95. The van der Waals surface area contributed by atoms with Gasteiger partial charge in [-0.2, -0.15) is 0 Å². The zero-order chi connectivity index (χ0) is 22.3. The fraction of sp³-hybridized carbons (Fsp3) is 0.381. The average molecular weight is 413 g/mol. The second kappa shape index (κ2) is 10.3. The lowest BCUT2D eigenvalue weighted by molar-refractivity contribution is -0.145. The van der Waals surface area contributed by atoms with Gasteiger partial charge in [0.1, 0.15) is 5.56 Å². The van der Waals surface area contributed by atoms with E-state index in [0.717, 1.165) is 30.5 Å². The largest absolute Gasteiger partial charge is 0.480 e. The van der Waals surface area contributed by atoms with E-state index < -0.39 is 17.7 Å². The number of methoxy groups -OCH3 is 1. The molecule has 1 atom stereocenters. The number of piperidine rings is 1. The van der Waals surface area contributed by atoms with Crippen molar-refractivity contribution in [2.24, 2.45) is 10.7 Å². The number of nitrogens with one attached hydrogen (secondary N) is 1. The van der Waals surface area contributed by atoms with E-state index in [9.17, 15) is 14.4 Å². The maximum atomic E-state index is 12.8. The minimum absolute atomic E-state index is 0.00470. The molecular weight excluding hydrogens is 386 g/mol. The molecule has 2 rings (SSSR count). The number of nitrogens with zero attached hydrogens (tertiary/aromatic N) is 3. The highest BCUT2D eigenvalue weighted by Crippen LogP contribution is 2.24. The molecule has 0 spiro atoms. The number of hydrogen-bond donors (Lipinski definition) is 2. The van der Waals surface area contributed by atoms with Gasteiger partial charge in [0.15, 0.2) is 0 Å². The summed E-state index contributed by atoms with van der Waals surface area (Å²) in [6.07, 6.45) is 7.40. The molecular formula is C21H27N5O4. The molecule has 1 aromatic rings. The van der Waals surface area contributed by atoms with Crippen LogP contribution in [0.5, 0.6) is 5.88 Å². The highest BCUT2D eigenvalue weighted by molar-refractivity contribution is 6.39. The Hall–Kier alpha value is -3.49. The Morgan fingerprint density at radius 2 is 2.10 bits per heavy atom. The first-order valence-corrected chi connectivity index (χ1v) is 9.54. The number of allylic oxidation sites excluding steroid dienone is 1. The Balaban J connectivity index is 2.16. The zero-order valence-corrected chi connectivity index (χ0v) is 17.5. The SMILES string of the molecule is C=C(/C=C\C(C)=N/C)[C@@H]1CCCCN1C(=O)C(=O)Nc1cnc(OC)c(C(N)=O)c1. The number of rotatable bonds is 6. The van der Waals surface area contributed by atoms with Gasteiger partial charge in [0.05, 0.1) is 25.0 Å². The molecule has 1 aliphatic rings. The smallest absolute Gasteiger partial charge is 0.313 e. The van der Waals surface area contributed by atoms with Gasteiger partial charge in [0, 0.05) is 19.3 Å². The molecule has 160 valence electrons. The lowest BCUT2D eigenvalue weighted by Gasteiger charge is -2.35. The number of nitrogens with two attached hydrogens (primary N) is 1. The fourth-order valence-corrected chi connectivity index (χ4v) is 3.15. The number of aromatic nitrogens is 1. The average Bonchev–Trinajstić information content (AvgIpc) is 2.76. The summed E-state index contributed by atoms with van der Waals surface area (Å²) in [4.78, 5) is 46.5. The number of aliphatic imine (C=N–C) groups is 1. The minimum atomic E-state index is -0.827. The Labute approximate surface area is 175 Å². The van der Waals surface area contributed by atoms with Crippen LogP contribution >= 0.6 is 0 Å². The predicted octanol–water partition coefficient (Wildman–Crippen LogP) is 1.71. The summed E-state index contributed by atoms with van der Waals surface area (Å²) in [5.74, 6) is -2.22.